The standard InChI is InChI=1S/C50H69F2N5O5SSi2/c1-28(2)50(29(3)4,30(5)6)64-62-37-23-34-17-20-41(51)38(21-22-65(31(7)8,32(9)10)33(11)12)42(34)39(24-37)44-43(52)45-40(25-53-44)46(55-47(54-45)63(16,59)60)56-26-35-18-19-36(27-56)57(35)48(58)61-49(13,14)15/h17,20,23-25,28-33,35-36H,18-19,26-27H2,1-16H3/t35-,36+. The lowest BCUT2D eigenvalue weighted by atomic mass is 9.76. The van der Waals surface area contributed by atoms with E-state index in [-0.39, 0.29) is 94.8 Å². The van der Waals surface area contributed by atoms with E-state index < -0.39 is 46.4 Å². The Kier molecular flexibility index (Phi) is 14.3. The summed E-state index contributed by atoms with van der Waals surface area (Å²) in [5.41, 5.74) is 3.86. The van der Waals surface area contributed by atoms with Crippen LogP contribution in [0.1, 0.15) is 122 Å². The Morgan fingerprint density at radius 3 is 1.95 bits per heavy atom. The molecule has 65 heavy (non-hydrogen) atoms. The molecule has 4 heterocycles. The van der Waals surface area contributed by atoms with E-state index in [1.54, 1.807) is 17.0 Å². The fraction of sp³-hybridized carbons (Fsp3) is 0.600. The van der Waals surface area contributed by atoms with Gasteiger partial charge in [0.25, 0.3) is 0 Å². The fourth-order valence-electron chi connectivity index (χ4n) is 11.2. The molecule has 0 saturated carbocycles. The minimum absolute atomic E-state index is 0.0480. The van der Waals surface area contributed by atoms with Crippen LogP contribution in [0.2, 0.25) is 21.7 Å². The number of sulfone groups is 1. The van der Waals surface area contributed by atoms with Crippen LogP contribution in [0.15, 0.2) is 35.6 Å². The molecule has 10 nitrogen and oxygen atoms in total. The highest BCUT2D eigenvalue weighted by molar-refractivity contribution is 7.90. The molecule has 352 valence electrons. The molecule has 0 N–H and O–H groups in total. The third kappa shape index (κ3) is 9.42. The second kappa shape index (κ2) is 18.5. The number of anilines is 1. The topological polar surface area (TPSA) is 115 Å². The number of nitrogens with zero attached hydrogens (tertiary/aromatic N) is 5. The minimum Gasteiger partial charge on any atom is -0.540 e. The number of rotatable bonds is 12. The van der Waals surface area contributed by atoms with Gasteiger partial charge in [-0.1, -0.05) is 95.1 Å². The zero-order valence-electron chi connectivity index (χ0n) is 41.3. The molecule has 0 spiro atoms. The zero-order chi connectivity index (χ0) is 48.3. The van der Waals surface area contributed by atoms with Crippen LogP contribution in [0.5, 0.6) is 5.75 Å². The van der Waals surface area contributed by atoms with Gasteiger partial charge in [-0.3, -0.25) is 9.88 Å². The van der Waals surface area contributed by atoms with Crippen LogP contribution >= 0.6 is 0 Å². The van der Waals surface area contributed by atoms with Gasteiger partial charge in [-0.15, -0.1) is 5.54 Å². The highest BCUT2D eigenvalue weighted by Gasteiger charge is 2.46. The monoisotopic (exact) mass is 945 g/mol. The van der Waals surface area contributed by atoms with E-state index in [1.165, 1.54) is 12.3 Å². The number of carbonyl (C=O) groups is 1. The normalized spacial score (nSPS) is 17.4. The van der Waals surface area contributed by atoms with E-state index in [4.69, 9.17) is 14.1 Å². The summed E-state index contributed by atoms with van der Waals surface area (Å²) in [6.07, 6.45) is 3.49. The number of hydrogen-bond acceptors (Lipinski definition) is 9. The molecule has 2 aromatic heterocycles. The van der Waals surface area contributed by atoms with Gasteiger partial charge in [0.1, 0.15) is 42.3 Å². The number of hydrogen-bond donors (Lipinski definition) is 0. The van der Waals surface area contributed by atoms with Crippen molar-refractivity contribution in [1.29, 1.82) is 0 Å². The van der Waals surface area contributed by atoms with Gasteiger partial charge in [-0.25, -0.2) is 32.0 Å². The van der Waals surface area contributed by atoms with Gasteiger partial charge in [0.05, 0.1) is 23.0 Å². The first-order chi connectivity index (χ1) is 30.1. The van der Waals surface area contributed by atoms with Crippen LogP contribution in [0.25, 0.3) is 32.9 Å². The molecule has 2 aliphatic heterocycles. The van der Waals surface area contributed by atoms with Crippen molar-refractivity contribution in [3.8, 4) is 28.5 Å². The van der Waals surface area contributed by atoms with Gasteiger partial charge in [-0.05, 0) is 91.6 Å². The van der Waals surface area contributed by atoms with Crippen molar-refractivity contribution in [3.05, 3.63) is 47.7 Å². The minimum atomic E-state index is -4.05. The summed E-state index contributed by atoms with van der Waals surface area (Å²) >= 11 is 0. The van der Waals surface area contributed by atoms with Crippen molar-refractivity contribution in [1.82, 2.24) is 19.9 Å². The molecule has 2 radical (unpaired) electrons. The van der Waals surface area contributed by atoms with Crippen molar-refractivity contribution >= 4 is 61.3 Å². The van der Waals surface area contributed by atoms with E-state index >= 15 is 8.78 Å². The van der Waals surface area contributed by atoms with Gasteiger partial charge in [0.2, 0.25) is 15.0 Å². The second-order valence-electron chi connectivity index (χ2n) is 21.2. The molecule has 0 aliphatic carbocycles. The molecule has 4 aromatic rings. The van der Waals surface area contributed by atoms with Gasteiger partial charge in [0, 0.05) is 41.5 Å². The Hall–Kier alpha value is -4.14. The highest BCUT2D eigenvalue weighted by atomic mass is 32.2. The van der Waals surface area contributed by atoms with Crippen LogP contribution in [0.4, 0.5) is 19.4 Å². The van der Waals surface area contributed by atoms with Gasteiger partial charge >= 0.3 is 15.9 Å². The Bertz CT molecular complexity index is 2580. The lowest BCUT2D eigenvalue weighted by Gasteiger charge is -2.43. The molecule has 6 rings (SSSR count). The molecular formula is C50H69F2N5O5SSi2. The summed E-state index contributed by atoms with van der Waals surface area (Å²) < 4.78 is 73.4. The Balaban J connectivity index is 1.60. The first kappa shape index (κ1) is 50.3. The molecule has 2 bridgehead atoms. The first-order valence-corrected chi connectivity index (χ1v) is 28.2. The number of aromatic nitrogens is 3. The predicted molar refractivity (Wildman–Crippen MR) is 262 cm³/mol. The summed E-state index contributed by atoms with van der Waals surface area (Å²) in [5.74, 6) is 3.47. The van der Waals surface area contributed by atoms with Gasteiger partial charge in [0.15, 0.2) is 5.82 Å². The van der Waals surface area contributed by atoms with E-state index in [0.29, 0.717) is 42.5 Å². The average molecular weight is 946 g/mol. The van der Waals surface area contributed by atoms with E-state index in [2.05, 4.69) is 105 Å². The number of piperazine rings is 1. The fourth-order valence-corrected chi connectivity index (χ4v) is 18.0. The Labute approximate surface area is 389 Å². The van der Waals surface area contributed by atoms with Crippen LogP contribution in [-0.2, 0) is 14.6 Å². The summed E-state index contributed by atoms with van der Waals surface area (Å²) in [5, 5.41) is 0.484. The smallest absolute Gasteiger partial charge is 0.410 e. The summed E-state index contributed by atoms with van der Waals surface area (Å²) in [4.78, 5) is 30.7. The molecule has 0 unspecified atom stereocenters. The van der Waals surface area contributed by atoms with Gasteiger partial charge in [-0.2, -0.15) is 0 Å². The van der Waals surface area contributed by atoms with Crippen molar-refractivity contribution in [2.24, 2.45) is 17.8 Å². The Morgan fingerprint density at radius 2 is 1.45 bits per heavy atom. The van der Waals surface area contributed by atoms with Crippen molar-refractivity contribution in [3.63, 3.8) is 0 Å². The quantitative estimate of drug-likeness (QED) is 0.0778. The predicted octanol–water partition coefficient (Wildman–Crippen LogP) is 11.8. The van der Waals surface area contributed by atoms with Crippen LogP contribution in [0, 0.1) is 40.9 Å². The second-order valence-corrected chi connectivity index (χ2v) is 30.0. The lowest BCUT2D eigenvalue weighted by Crippen LogP contribution is -2.57. The molecule has 2 aliphatic rings. The number of pyridine rings is 1. The number of fused-ring (bicyclic) bond motifs is 4. The summed E-state index contributed by atoms with van der Waals surface area (Å²) in [6.45, 7) is 32.6. The maximum Gasteiger partial charge on any atom is 0.410 e. The lowest BCUT2D eigenvalue weighted by molar-refractivity contribution is 0.0122. The molecule has 2 aromatic carbocycles. The van der Waals surface area contributed by atoms with Crippen LogP contribution < -0.4 is 9.33 Å². The maximum absolute atomic E-state index is 17.8. The summed E-state index contributed by atoms with van der Waals surface area (Å²) in [7, 11) is -6.36. The third-order valence-electron chi connectivity index (χ3n) is 14.1. The largest absolute Gasteiger partial charge is 0.540 e. The Morgan fingerprint density at radius 1 is 0.877 bits per heavy atom. The summed E-state index contributed by atoms with van der Waals surface area (Å²) in [6, 6.07) is 6.19. The zero-order valence-corrected chi connectivity index (χ0v) is 44.1. The molecule has 1 amide bonds. The van der Waals surface area contributed by atoms with Crippen molar-refractivity contribution in [2.45, 2.75) is 161 Å². The average Bonchev–Trinajstić information content (AvgIpc) is 3.46. The maximum atomic E-state index is 17.8. The van der Waals surface area contributed by atoms with E-state index in [0.717, 1.165) is 6.26 Å². The van der Waals surface area contributed by atoms with Crippen molar-refractivity contribution < 1.29 is 31.2 Å². The SMILES string of the molecule is CC(C)C([Si]Oc1cc(-c2ncc3c(N4C[C@H]5CC[C@@H](C4)N5C(=O)OC(C)(C)C)nc(S(C)(=O)=O)nc3c2F)c2c(C#C[Si](C(C)C)(C(C)C)C(C)C)c(F)ccc2c1)(C(C)C)C(C)C. The highest BCUT2D eigenvalue weighted by Crippen LogP contribution is 2.50. The molecule has 2 saturated heterocycles. The van der Waals surface area contributed by atoms with Crippen LogP contribution in [0.3, 0.4) is 0 Å². The number of halogens is 2. The first-order valence-electron chi connectivity index (χ1n) is 23.2. The number of benzene rings is 2. The number of carbonyl (C=O) groups excluding carboxylic acids is 1. The van der Waals surface area contributed by atoms with Gasteiger partial charge < -0.3 is 14.1 Å². The molecular weight excluding hydrogens is 877 g/mol. The number of amides is 1. The third-order valence-corrected chi connectivity index (χ3v) is 23.7. The van der Waals surface area contributed by atoms with Crippen LogP contribution in [-0.4, -0.2) is 89.2 Å². The van der Waals surface area contributed by atoms with Crippen molar-refractivity contribution in [2.75, 3.05) is 24.2 Å². The molecule has 2 fully saturated rings. The number of ether oxygens (including phenoxy) is 1. The molecule has 15 heteroatoms. The molecule has 2 atom stereocenters. The van der Waals surface area contributed by atoms with E-state index in [1.807, 2.05) is 31.7 Å². The van der Waals surface area contributed by atoms with E-state index in [9.17, 15) is 13.2 Å².